The molecule has 1 amide bonds. The molecule has 7 heteroatoms. The first-order chi connectivity index (χ1) is 7.81. The molecule has 1 heterocycles. The highest BCUT2D eigenvalue weighted by Gasteiger charge is 2.31. The molecule has 1 aromatic carbocycles. The average molecular weight is 278 g/mol. The van der Waals surface area contributed by atoms with Gasteiger partial charge in [0, 0.05) is 5.92 Å². The quantitative estimate of drug-likeness (QED) is 0.787. The van der Waals surface area contributed by atoms with Crippen LogP contribution in [0.15, 0.2) is 17.0 Å². The number of amides is 1. The van der Waals surface area contributed by atoms with Crippen molar-refractivity contribution in [3.63, 3.8) is 0 Å². The van der Waals surface area contributed by atoms with Crippen molar-refractivity contribution >= 4 is 33.0 Å². The van der Waals surface area contributed by atoms with E-state index >= 15 is 0 Å². The maximum atomic E-state index is 13.3. The molecule has 0 radical (unpaired) electrons. The summed E-state index contributed by atoms with van der Waals surface area (Å²) in [4.78, 5) is 11.3. The second-order valence-corrected chi connectivity index (χ2v) is 6.34. The number of hydrogen-bond donors (Lipinski definition) is 1. The number of benzene rings is 1. The highest BCUT2D eigenvalue weighted by molar-refractivity contribution is 7.91. The van der Waals surface area contributed by atoms with Crippen LogP contribution in [0.4, 0.5) is 10.1 Å². The van der Waals surface area contributed by atoms with Gasteiger partial charge in [0.25, 0.3) is 0 Å². The average Bonchev–Trinajstić information content (AvgIpc) is 2.28. The summed E-state index contributed by atoms with van der Waals surface area (Å²) in [6.07, 6.45) is 0. The Morgan fingerprint density at radius 1 is 1.47 bits per heavy atom. The number of carbonyl (C=O) groups is 1. The molecule has 92 valence electrons. The number of carbonyl (C=O) groups excluding carboxylic acids is 1. The summed E-state index contributed by atoms with van der Waals surface area (Å²) in [5.41, 5.74) is 0.0331. The molecule has 1 aliphatic heterocycles. The van der Waals surface area contributed by atoms with E-state index in [1.165, 1.54) is 6.92 Å². The molecule has 4 nitrogen and oxygen atoms in total. The minimum atomic E-state index is -3.68. The largest absolute Gasteiger partial charge is 0.325 e. The van der Waals surface area contributed by atoms with Crippen LogP contribution < -0.4 is 5.32 Å². The zero-order valence-electron chi connectivity index (χ0n) is 8.83. The van der Waals surface area contributed by atoms with Crippen molar-refractivity contribution in [1.82, 2.24) is 0 Å². The lowest BCUT2D eigenvalue weighted by Gasteiger charge is -2.07. The monoisotopic (exact) mass is 277 g/mol. The van der Waals surface area contributed by atoms with Crippen LogP contribution in [0.5, 0.6) is 0 Å². The Labute approximate surface area is 103 Å². The van der Waals surface area contributed by atoms with E-state index in [0.29, 0.717) is 0 Å². The Balaban J connectivity index is 2.70. The third kappa shape index (κ3) is 2.14. The van der Waals surface area contributed by atoms with Gasteiger partial charge in [-0.1, -0.05) is 18.5 Å². The predicted octanol–water partition coefficient (Wildman–Crippen LogP) is 1.84. The maximum Gasteiger partial charge on any atom is 0.228 e. The molecule has 1 aliphatic rings. The lowest BCUT2D eigenvalue weighted by molar-refractivity contribution is -0.118. The first kappa shape index (κ1) is 12.3. The Morgan fingerprint density at radius 3 is 2.76 bits per heavy atom. The molecule has 2 rings (SSSR count). The van der Waals surface area contributed by atoms with Gasteiger partial charge in [-0.2, -0.15) is 0 Å². The van der Waals surface area contributed by atoms with E-state index < -0.39 is 27.5 Å². The van der Waals surface area contributed by atoms with Crippen LogP contribution in [-0.2, 0) is 14.6 Å². The molecule has 0 saturated carbocycles. The van der Waals surface area contributed by atoms with E-state index in [-0.39, 0.29) is 21.4 Å². The van der Waals surface area contributed by atoms with Gasteiger partial charge in [-0.25, -0.2) is 12.8 Å². The third-order valence-electron chi connectivity index (χ3n) is 2.53. The van der Waals surface area contributed by atoms with Crippen LogP contribution in [0, 0.1) is 11.7 Å². The minimum Gasteiger partial charge on any atom is -0.325 e. The van der Waals surface area contributed by atoms with Gasteiger partial charge in [0.2, 0.25) is 5.91 Å². The lowest BCUT2D eigenvalue weighted by Crippen LogP contribution is -2.22. The normalized spacial score (nSPS) is 22.5. The summed E-state index contributed by atoms with van der Waals surface area (Å²) in [6, 6.07) is 1.95. The molecule has 1 N–H and O–H groups in total. The van der Waals surface area contributed by atoms with E-state index in [0.717, 1.165) is 12.1 Å². The van der Waals surface area contributed by atoms with Crippen molar-refractivity contribution in [3.05, 3.63) is 23.0 Å². The summed E-state index contributed by atoms with van der Waals surface area (Å²) in [6.45, 7) is 1.50. The van der Waals surface area contributed by atoms with Crippen LogP contribution in [-0.4, -0.2) is 20.1 Å². The Morgan fingerprint density at radius 2 is 2.12 bits per heavy atom. The molecule has 17 heavy (non-hydrogen) atoms. The molecule has 1 atom stereocenters. The highest BCUT2D eigenvalue weighted by atomic mass is 35.5. The number of hydrogen-bond acceptors (Lipinski definition) is 3. The van der Waals surface area contributed by atoms with Crippen LogP contribution in [0.25, 0.3) is 0 Å². The van der Waals surface area contributed by atoms with Gasteiger partial charge in [-0.15, -0.1) is 0 Å². The molecular weight excluding hydrogens is 269 g/mol. The third-order valence-corrected chi connectivity index (χ3v) is 4.77. The summed E-state index contributed by atoms with van der Waals surface area (Å²) in [5, 5.41) is 2.20. The molecular formula is C10H9ClFNO3S. The van der Waals surface area contributed by atoms with Gasteiger partial charge in [0.1, 0.15) is 5.82 Å². The van der Waals surface area contributed by atoms with Crippen LogP contribution in [0.2, 0.25) is 5.02 Å². The van der Waals surface area contributed by atoms with Crippen LogP contribution in [0.3, 0.4) is 0 Å². The van der Waals surface area contributed by atoms with E-state index in [1.54, 1.807) is 0 Å². The smallest absolute Gasteiger partial charge is 0.228 e. The van der Waals surface area contributed by atoms with Gasteiger partial charge in [-0.3, -0.25) is 4.79 Å². The van der Waals surface area contributed by atoms with Crippen molar-refractivity contribution in [2.24, 2.45) is 5.92 Å². The van der Waals surface area contributed by atoms with Gasteiger partial charge in [-0.05, 0) is 12.1 Å². The van der Waals surface area contributed by atoms with E-state index in [9.17, 15) is 17.6 Å². The zero-order chi connectivity index (χ0) is 12.8. The standard InChI is InChI=1S/C10H9ClFNO3S/c1-5-4-17(15,16)9-3-7(12)6(11)2-8(9)13-10(5)14/h2-3,5H,4H2,1H3,(H,13,14). The molecule has 0 saturated heterocycles. The van der Waals surface area contributed by atoms with Crippen LogP contribution in [0.1, 0.15) is 6.92 Å². The Kier molecular flexibility index (Phi) is 2.87. The van der Waals surface area contributed by atoms with Gasteiger partial charge < -0.3 is 5.32 Å². The number of anilines is 1. The SMILES string of the molecule is CC1CS(=O)(=O)c2cc(F)c(Cl)cc2NC1=O. The van der Waals surface area contributed by atoms with Crippen molar-refractivity contribution in [2.75, 3.05) is 11.1 Å². The highest BCUT2D eigenvalue weighted by Crippen LogP contribution is 2.32. The van der Waals surface area contributed by atoms with E-state index in [1.807, 2.05) is 0 Å². The molecule has 1 unspecified atom stereocenters. The fourth-order valence-corrected chi connectivity index (χ4v) is 3.51. The number of rotatable bonds is 0. The lowest BCUT2D eigenvalue weighted by atomic mass is 10.2. The van der Waals surface area contributed by atoms with E-state index in [4.69, 9.17) is 11.6 Å². The summed E-state index contributed by atoms with van der Waals surface area (Å²) in [7, 11) is -3.68. The number of sulfone groups is 1. The Hall–Kier alpha value is -1.14. The Bertz CT molecular complexity index is 600. The van der Waals surface area contributed by atoms with Gasteiger partial charge in [0.05, 0.1) is 21.4 Å². The van der Waals surface area contributed by atoms with Crippen molar-refractivity contribution in [2.45, 2.75) is 11.8 Å². The first-order valence-electron chi connectivity index (χ1n) is 4.84. The number of nitrogens with one attached hydrogen (secondary N) is 1. The molecule has 0 aromatic heterocycles. The molecule has 0 bridgehead atoms. The van der Waals surface area contributed by atoms with Gasteiger partial charge in [0.15, 0.2) is 9.84 Å². The minimum absolute atomic E-state index is 0.0331. The molecule has 0 aliphatic carbocycles. The fourth-order valence-electron chi connectivity index (χ4n) is 1.63. The van der Waals surface area contributed by atoms with Crippen molar-refractivity contribution < 1.29 is 17.6 Å². The molecule has 0 spiro atoms. The second-order valence-electron chi connectivity index (χ2n) is 3.93. The van der Waals surface area contributed by atoms with E-state index in [2.05, 4.69) is 5.32 Å². The summed E-state index contributed by atoms with van der Waals surface area (Å²) >= 11 is 5.56. The molecule has 0 fully saturated rings. The number of halogens is 2. The summed E-state index contributed by atoms with van der Waals surface area (Å²) in [5.74, 6) is -2.27. The first-order valence-corrected chi connectivity index (χ1v) is 6.87. The topological polar surface area (TPSA) is 63.2 Å². The van der Waals surface area contributed by atoms with Gasteiger partial charge >= 0.3 is 0 Å². The van der Waals surface area contributed by atoms with Crippen molar-refractivity contribution in [3.8, 4) is 0 Å². The fraction of sp³-hybridized carbons (Fsp3) is 0.300. The zero-order valence-corrected chi connectivity index (χ0v) is 10.4. The second kappa shape index (κ2) is 3.96. The van der Waals surface area contributed by atoms with Crippen LogP contribution >= 0.6 is 11.6 Å². The maximum absolute atomic E-state index is 13.3. The predicted molar refractivity (Wildman–Crippen MR) is 61.3 cm³/mol. The summed E-state index contributed by atoms with van der Waals surface area (Å²) < 4.78 is 37.1. The number of fused-ring (bicyclic) bond motifs is 1. The molecule has 1 aromatic rings. The van der Waals surface area contributed by atoms with Crippen molar-refractivity contribution in [1.29, 1.82) is 0 Å².